The van der Waals surface area contributed by atoms with Gasteiger partial charge in [-0.25, -0.2) is 8.42 Å². The minimum absolute atomic E-state index is 0.151. The van der Waals surface area contributed by atoms with Crippen molar-refractivity contribution >= 4 is 21.7 Å². The number of nitrogens with zero attached hydrogens (tertiary/aromatic N) is 1. The summed E-state index contributed by atoms with van der Waals surface area (Å²) in [6.45, 7) is 4.95. The maximum Gasteiger partial charge on any atom is 0.321 e. The third-order valence-electron chi connectivity index (χ3n) is 3.55. The SMILES string of the molecule is CCCC[C@H](NS(=O)(=O)c1cc([N+](=O)[O-])cc(C)c1C)C(=O)O. The molecule has 0 aliphatic heterocycles. The van der Waals surface area contributed by atoms with Gasteiger partial charge in [0.1, 0.15) is 6.04 Å². The van der Waals surface area contributed by atoms with Gasteiger partial charge in [0.15, 0.2) is 0 Å². The molecule has 0 aliphatic carbocycles. The Labute approximate surface area is 134 Å². The number of nitro groups is 1. The molecule has 0 unspecified atom stereocenters. The number of nitrogens with one attached hydrogen (secondary N) is 1. The van der Waals surface area contributed by atoms with Crippen LogP contribution in [0.4, 0.5) is 5.69 Å². The Kier molecular flexibility index (Phi) is 6.22. The number of carboxylic acid groups (broad SMARTS) is 1. The molecule has 0 fully saturated rings. The number of non-ortho nitro benzene ring substituents is 1. The van der Waals surface area contributed by atoms with E-state index in [1.807, 2.05) is 6.92 Å². The van der Waals surface area contributed by atoms with Crippen molar-refractivity contribution in [1.29, 1.82) is 0 Å². The predicted molar refractivity (Wildman–Crippen MR) is 83.8 cm³/mol. The number of hydrogen-bond donors (Lipinski definition) is 2. The minimum Gasteiger partial charge on any atom is -0.480 e. The zero-order valence-electron chi connectivity index (χ0n) is 13.2. The van der Waals surface area contributed by atoms with Gasteiger partial charge < -0.3 is 5.11 Å². The fraction of sp³-hybridized carbons (Fsp3) is 0.500. The van der Waals surface area contributed by atoms with E-state index < -0.39 is 27.0 Å². The highest BCUT2D eigenvalue weighted by molar-refractivity contribution is 7.89. The van der Waals surface area contributed by atoms with Gasteiger partial charge >= 0.3 is 5.97 Å². The second-order valence-corrected chi connectivity index (χ2v) is 6.98. The van der Waals surface area contributed by atoms with Gasteiger partial charge in [0, 0.05) is 12.1 Å². The van der Waals surface area contributed by atoms with Crippen molar-refractivity contribution < 1.29 is 23.2 Å². The fourth-order valence-electron chi connectivity index (χ4n) is 2.08. The lowest BCUT2D eigenvalue weighted by molar-refractivity contribution is -0.385. The van der Waals surface area contributed by atoms with E-state index in [4.69, 9.17) is 5.11 Å². The standard InChI is InChI=1S/C14H20N2O6S/c1-4-5-6-12(14(17)18)15-23(21,22)13-8-11(16(19)20)7-9(2)10(13)3/h7-8,12,15H,4-6H2,1-3H3,(H,17,18)/t12-/m0/s1. The van der Waals surface area contributed by atoms with Crippen LogP contribution in [0.1, 0.15) is 37.3 Å². The lowest BCUT2D eigenvalue weighted by Gasteiger charge is -2.16. The molecule has 9 heteroatoms. The maximum atomic E-state index is 12.5. The quantitative estimate of drug-likeness (QED) is 0.549. The van der Waals surface area contributed by atoms with E-state index >= 15 is 0 Å². The van der Waals surface area contributed by atoms with E-state index in [2.05, 4.69) is 4.72 Å². The molecule has 0 amide bonds. The summed E-state index contributed by atoms with van der Waals surface area (Å²) in [5.41, 5.74) is 0.441. The van der Waals surface area contributed by atoms with Crippen LogP contribution in [-0.4, -0.2) is 30.5 Å². The molecule has 1 aromatic rings. The van der Waals surface area contributed by atoms with E-state index in [9.17, 15) is 23.3 Å². The molecule has 2 N–H and O–H groups in total. The van der Waals surface area contributed by atoms with E-state index in [1.165, 1.54) is 13.0 Å². The normalized spacial score (nSPS) is 12.8. The molecule has 1 aromatic carbocycles. The third kappa shape index (κ3) is 4.73. The molecule has 0 aromatic heterocycles. The van der Waals surface area contributed by atoms with E-state index in [0.29, 0.717) is 17.5 Å². The van der Waals surface area contributed by atoms with Crippen molar-refractivity contribution in [3.05, 3.63) is 33.4 Å². The first-order valence-corrected chi connectivity index (χ1v) is 8.59. The number of benzene rings is 1. The molecular formula is C14H20N2O6S. The molecule has 1 atom stereocenters. The van der Waals surface area contributed by atoms with Crippen LogP contribution >= 0.6 is 0 Å². The molecule has 8 nitrogen and oxygen atoms in total. The second kappa shape index (κ2) is 7.51. The van der Waals surface area contributed by atoms with E-state index in [-0.39, 0.29) is 17.0 Å². The number of carbonyl (C=O) groups is 1. The molecule has 23 heavy (non-hydrogen) atoms. The number of rotatable bonds is 8. The summed E-state index contributed by atoms with van der Waals surface area (Å²) in [6.07, 6.45) is 1.42. The monoisotopic (exact) mass is 344 g/mol. The highest BCUT2D eigenvalue weighted by Crippen LogP contribution is 2.25. The first-order chi connectivity index (χ1) is 10.6. The van der Waals surface area contributed by atoms with Gasteiger partial charge in [-0.3, -0.25) is 14.9 Å². The van der Waals surface area contributed by atoms with Crippen LogP contribution in [0.15, 0.2) is 17.0 Å². The lowest BCUT2D eigenvalue weighted by atomic mass is 10.1. The van der Waals surface area contributed by atoms with E-state index in [0.717, 1.165) is 12.5 Å². The zero-order chi connectivity index (χ0) is 17.8. The Morgan fingerprint density at radius 2 is 2.00 bits per heavy atom. The van der Waals surface area contributed by atoms with Crippen LogP contribution in [0.2, 0.25) is 0 Å². The summed E-state index contributed by atoms with van der Waals surface area (Å²) in [6, 6.07) is 0.961. The highest BCUT2D eigenvalue weighted by atomic mass is 32.2. The summed E-state index contributed by atoms with van der Waals surface area (Å²) >= 11 is 0. The number of unbranched alkanes of at least 4 members (excludes halogenated alkanes) is 1. The summed E-state index contributed by atoms with van der Waals surface area (Å²) in [7, 11) is -4.18. The number of hydrogen-bond acceptors (Lipinski definition) is 5. The van der Waals surface area contributed by atoms with Crippen molar-refractivity contribution in [2.45, 2.75) is 51.0 Å². The van der Waals surface area contributed by atoms with Crippen LogP contribution in [0.3, 0.4) is 0 Å². The van der Waals surface area contributed by atoms with Crippen molar-refractivity contribution in [3.8, 4) is 0 Å². The zero-order valence-corrected chi connectivity index (χ0v) is 14.0. The number of nitro benzene ring substituents is 1. The van der Waals surface area contributed by atoms with Gasteiger partial charge in [-0.15, -0.1) is 0 Å². The van der Waals surface area contributed by atoms with Gasteiger partial charge in [0.05, 0.1) is 9.82 Å². The maximum absolute atomic E-state index is 12.5. The molecule has 0 aliphatic rings. The van der Waals surface area contributed by atoms with Crippen molar-refractivity contribution in [2.75, 3.05) is 0 Å². The Balaban J connectivity index is 3.26. The van der Waals surface area contributed by atoms with Gasteiger partial charge in [-0.05, 0) is 31.4 Å². The largest absolute Gasteiger partial charge is 0.480 e. The summed E-state index contributed by atoms with van der Waals surface area (Å²) in [5, 5.41) is 20.1. The fourth-order valence-corrected chi connectivity index (χ4v) is 3.65. The molecule has 1 rings (SSSR count). The topological polar surface area (TPSA) is 127 Å². The van der Waals surface area contributed by atoms with Crippen LogP contribution in [0, 0.1) is 24.0 Å². The molecule has 0 radical (unpaired) electrons. The van der Waals surface area contributed by atoms with E-state index in [1.54, 1.807) is 6.92 Å². The molecule has 0 heterocycles. The molecule has 0 bridgehead atoms. The predicted octanol–water partition coefficient (Wildman–Crippen LogP) is 2.13. The van der Waals surface area contributed by atoms with Crippen molar-refractivity contribution in [2.24, 2.45) is 0 Å². The molecule has 0 saturated heterocycles. The van der Waals surface area contributed by atoms with Gasteiger partial charge in [0.2, 0.25) is 10.0 Å². The Bertz CT molecular complexity index is 714. The average molecular weight is 344 g/mol. The smallest absolute Gasteiger partial charge is 0.321 e. The third-order valence-corrected chi connectivity index (χ3v) is 5.14. The highest BCUT2D eigenvalue weighted by Gasteiger charge is 2.28. The first-order valence-electron chi connectivity index (χ1n) is 7.11. The Hall–Kier alpha value is -2.00. The van der Waals surface area contributed by atoms with Crippen LogP contribution < -0.4 is 4.72 Å². The second-order valence-electron chi connectivity index (χ2n) is 5.30. The van der Waals surface area contributed by atoms with Crippen LogP contribution in [-0.2, 0) is 14.8 Å². The number of carboxylic acids is 1. The van der Waals surface area contributed by atoms with Crippen LogP contribution in [0.5, 0.6) is 0 Å². The Morgan fingerprint density at radius 3 is 2.48 bits per heavy atom. The van der Waals surface area contributed by atoms with Gasteiger partial charge in [0.25, 0.3) is 5.69 Å². The summed E-state index contributed by atoms with van der Waals surface area (Å²) in [4.78, 5) is 21.2. The minimum atomic E-state index is -4.18. The number of aryl methyl sites for hydroxylation is 1. The summed E-state index contributed by atoms with van der Waals surface area (Å²) < 4.78 is 27.1. The molecule has 128 valence electrons. The molecule has 0 spiro atoms. The summed E-state index contributed by atoms with van der Waals surface area (Å²) in [5.74, 6) is -1.28. The molecule has 0 saturated carbocycles. The Morgan fingerprint density at radius 1 is 1.39 bits per heavy atom. The number of sulfonamides is 1. The number of aliphatic carboxylic acids is 1. The van der Waals surface area contributed by atoms with Crippen LogP contribution in [0.25, 0.3) is 0 Å². The lowest BCUT2D eigenvalue weighted by Crippen LogP contribution is -2.40. The van der Waals surface area contributed by atoms with Gasteiger partial charge in [-0.1, -0.05) is 19.8 Å². The van der Waals surface area contributed by atoms with Crippen molar-refractivity contribution in [3.63, 3.8) is 0 Å². The average Bonchev–Trinajstić information content (AvgIpc) is 2.45. The van der Waals surface area contributed by atoms with Crippen molar-refractivity contribution in [1.82, 2.24) is 4.72 Å². The van der Waals surface area contributed by atoms with Gasteiger partial charge in [-0.2, -0.15) is 4.72 Å². The molecular weight excluding hydrogens is 324 g/mol. The first kappa shape index (κ1) is 19.0.